The fourth-order valence-corrected chi connectivity index (χ4v) is 3.45. The first kappa shape index (κ1) is 14.0. The molecule has 7 heteroatoms. The predicted octanol–water partition coefficient (Wildman–Crippen LogP) is 3.27. The summed E-state index contributed by atoms with van der Waals surface area (Å²) in [6.45, 7) is 0.384. The Morgan fingerprint density at radius 1 is 1.40 bits per heavy atom. The Bertz CT molecular complexity index is 627. The Hall–Kier alpha value is -0.920. The summed E-state index contributed by atoms with van der Waals surface area (Å²) in [5.41, 5.74) is 6.34. The van der Waals surface area contributed by atoms with Gasteiger partial charge in [0.1, 0.15) is 11.6 Å². The zero-order chi connectivity index (χ0) is 14.1. The number of nitrogens with zero attached hydrogens (tertiary/aromatic N) is 3. The van der Waals surface area contributed by atoms with Crippen molar-refractivity contribution in [2.24, 2.45) is 5.73 Å². The van der Waals surface area contributed by atoms with Crippen molar-refractivity contribution in [1.29, 1.82) is 0 Å². The van der Waals surface area contributed by atoms with Crippen LogP contribution < -0.4 is 5.73 Å². The number of aromatic nitrogens is 3. The molecule has 3 rings (SSSR count). The van der Waals surface area contributed by atoms with Crippen molar-refractivity contribution in [3.8, 4) is 0 Å². The molecule has 20 heavy (non-hydrogen) atoms. The maximum Gasteiger partial charge on any atom is 0.191 e. The zero-order valence-corrected chi connectivity index (χ0v) is 13.1. The van der Waals surface area contributed by atoms with E-state index >= 15 is 0 Å². The lowest BCUT2D eigenvalue weighted by atomic mass is 10.2. The Balaban J connectivity index is 1.78. The minimum atomic E-state index is -0.197. The fraction of sp³-hybridized carbons (Fsp3) is 0.385. The van der Waals surface area contributed by atoms with Crippen LogP contribution in [-0.4, -0.2) is 14.8 Å². The number of hydrogen-bond donors (Lipinski definition) is 1. The SMILES string of the molecule is NCc1nnc(SCc2cc(Br)ccc2F)n1C1CC1. The summed E-state index contributed by atoms with van der Waals surface area (Å²) in [5.74, 6) is 1.14. The van der Waals surface area contributed by atoms with E-state index in [1.165, 1.54) is 17.8 Å². The molecule has 0 unspecified atom stereocenters. The van der Waals surface area contributed by atoms with Crippen molar-refractivity contribution in [3.05, 3.63) is 39.9 Å². The Labute approximate surface area is 129 Å². The molecule has 0 radical (unpaired) electrons. The van der Waals surface area contributed by atoms with Gasteiger partial charge in [0.25, 0.3) is 0 Å². The van der Waals surface area contributed by atoms with Gasteiger partial charge in [-0.15, -0.1) is 10.2 Å². The number of thioether (sulfide) groups is 1. The van der Waals surface area contributed by atoms with E-state index in [1.807, 2.05) is 0 Å². The molecule has 0 amide bonds. The number of nitrogens with two attached hydrogens (primary N) is 1. The van der Waals surface area contributed by atoms with Crippen LogP contribution in [0, 0.1) is 5.82 Å². The Morgan fingerprint density at radius 2 is 2.20 bits per heavy atom. The van der Waals surface area contributed by atoms with Gasteiger partial charge < -0.3 is 10.3 Å². The van der Waals surface area contributed by atoms with E-state index in [0.29, 0.717) is 23.9 Å². The third-order valence-corrected chi connectivity index (χ3v) is 4.68. The molecule has 0 atom stereocenters. The minimum absolute atomic E-state index is 0.197. The molecular formula is C13H14BrFN4S. The molecule has 1 fully saturated rings. The van der Waals surface area contributed by atoms with Crippen molar-refractivity contribution in [1.82, 2.24) is 14.8 Å². The quantitative estimate of drug-likeness (QED) is 0.835. The molecule has 0 aliphatic heterocycles. The van der Waals surface area contributed by atoms with Crippen LogP contribution in [0.1, 0.15) is 30.3 Å². The van der Waals surface area contributed by atoms with E-state index in [0.717, 1.165) is 28.3 Å². The molecule has 106 valence electrons. The van der Waals surface area contributed by atoms with E-state index in [1.54, 1.807) is 12.1 Å². The van der Waals surface area contributed by atoms with Crippen LogP contribution >= 0.6 is 27.7 Å². The molecule has 1 aliphatic rings. The maximum atomic E-state index is 13.7. The second-order valence-corrected chi connectivity index (χ2v) is 6.59. The van der Waals surface area contributed by atoms with E-state index < -0.39 is 0 Å². The summed E-state index contributed by atoms with van der Waals surface area (Å²) in [5, 5.41) is 9.12. The van der Waals surface area contributed by atoms with Gasteiger partial charge in [0.15, 0.2) is 5.16 Å². The predicted molar refractivity (Wildman–Crippen MR) is 79.8 cm³/mol. The topological polar surface area (TPSA) is 56.7 Å². The zero-order valence-electron chi connectivity index (χ0n) is 10.7. The van der Waals surface area contributed by atoms with Gasteiger partial charge in [0.2, 0.25) is 0 Å². The summed E-state index contributed by atoms with van der Waals surface area (Å²) >= 11 is 4.86. The molecule has 1 heterocycles. The van der Waals surface area contributed by atoms with Gasteiger partial charge >= 0.3 is 0 Å². The minimum Gasteiger partial charge on any atom is -0.324 e. The highest BCUT2D eigenvalue weighted by molar-refractivity contribution is 9.10. The second kappa shape index (κ2) is 5.83. The monoisotopic (exact) mass is 356 g/mol. The van der Waals surface area contributed by atoms with E-state index in [4.69, 9.17) is 5.73 Å². The molecule has 1 saturated carbocycles. The average molecular weight is 357 g/mol. The largest absolute Gasteiger partial charge is 0.324 e. The van der Waals surface area contributed by atoms with Gasteiger partial charge in [-0.25, -0.2) is 4.39 Å². The summed E-state index contributed by atoms with van der Waals surface area (Å²) in [6.07, 6.45) is 2.29. The van der Waals surface area contributed by atoms with Crippen LogP contribution in [-0.2, 0) is 12.3 Å². The van der Waals surface area contributed by atoms with Crippen LogP contribution in [0.4, 0.5) is 4.39 Å². The Kier molecular flexibility index (Phi) is 4.09. The molecule has 1 aliphatic carbocycles. The van der Waals surface area contributed by atoms with Crippen LogP contribution in [0.15, 0.2) is 27.8 Å². The number of benzene rings is 1. The molecular weight excluding hydrogens is 343 g/mol. The molecule has 0 saturated heterocycles. The van der Waals surface area contributed by atoms with Crippen LogP contribution in [0.25, 0.3) is 0 Å². The van der Waals surface area contributed by atoms with Gasteiger partial charge in [0.05, 0.1) is 6.54 Å². The maximum absolute atomic E-state index is 13.7. The average Bonchev–Trinajstić information content (AvgIpc) is 3.20. The highest BCUT2D eigenvalue weighted by Crippen LogP contribution is 2.39. The molecule has 1 aromatic heterocycles. The Morgan fingerprint density at radius 3 is 2.90 bits per heavy atom. The fourth-order valence-electron chi connectivity index (χ4n) is 2.04. The molecule has 1 aromatic carbocycles. The first-order valence-electron chi connectivity index (χ1n) is 6.39. The van der Waals surface area contributed by atoms with Crippen LogP contribution in [0.5, 0.6) is 0 Å². The van der Waals surface area contributed by atoms with Gasteiger partial charge in [-0.2, -0.15) is 0 Å². The first-order chi connectivity index (χ1) is 9.69. The van der Waals surface area contributed by atoms with E-state index in [9.17, 15) is 4.39 Å². The van der Waals surface area contributed by atoms with Gasteiger partial charge in [-0.3, -0.25) is 0 Å². The summed E-state index contributed by atoms with van der Waals surface area (Å²) in [7, 11) is 0. The van der Waals surface area contributed by atoms with E-state index in [-0.39, 0.29) is 5.82 Å². The molecule has 0 spiro atoms. The highest BCUT2D eigenvalue weighted by atomic mass is 79.9. The van der Waals surface area contributed by atoms with Crippen molar-refractivity contribution >= 4 is 27.7 Å². The number of rotatable bonds is 5. The van der Waals surface area contributed by atoms with Crippen LogP contribution in [0.2, 0.25) is 0 Å². The van der Waals surface area contributed by atoms with Crippen molar-refractivity contribution in [3.63, 3.8) is 0 Å². The van der Waals surface area contributed by atoms with Crippen LogP contribution in [0.3, 0.4) is 0 Å². The smallest absolute Gasteiger partial charge is 0.191 e. The molecule has 2 N–H and O–H groups in total. The van der Waals surface area contributed by atoms with E-state index in [2.05, 4.69) is 30.7 Å². The summed E-state index contributed by atoms with van der Waals surface area (Å²) < 4.78 is 16.7. The second-order valence-electron chi connectivity index (χ2n) is 4.73. The van der Waals surface area contributed by atoms with Gasteiger partial charge in [-0.1, -0.05) is 27.7 Å². The van der Waals surface area contributed by atoms with Gasteiger partial charge in [0, 0.05) is 16.3 Å². The molecule has 0 bridgehead atoms. The third kappa shape index (κ3) is 2.89. The first-order valence-corrected chi connectivity index (χ1v) is 8.17. The molecule has 4 nitrogen and oxygen atoms in total. The summed E-state index contributed by atoms with van der Waals surface area (Å²) in [6, 6.07) is 5.43. The van der Waals surface area contributed by atoms with Crippen molar-refractivity contribution in [2.75, 3.05) is 0 Å². The van der Waals surface area contributed by atoms with Gasteiger partial charge in [-0.05, 0) is 36.6 Å². The van der Waals surface area contributed by atoms with Crippen molar-refractivity contribution in [2.45, 2.75) is 36.3 Å². The standard InChI is InChI=1S/C13H14BrFN4S/c14-9-1-4-11(15)8(5-9)7-20-13-18-17-12(6-16)19(13)10-2-3-10/h1,4-5,10H,2-3,6-7,16H2. The lowest BCUT2D eigenvalue weighted by Gasteiger charge is -2.08. The lowest BCUT2D eigenvalue weighted by molar-refractivity contribution is 0.615. The molecule has 2 aromatic rings. The summed E-state index contributed by atoms with van der Waals surface area (Å²) in [4.78, 5) is 0. The lowest BCUT2D eigenvalue weighted by Crippen LogP contribution is -2.08. The third-order valence-electron chi connectivity index (χ3n) is 3.19. The number of halogens is 2. The van der Waals surface area contributed by atoms with Crippen molar-refractivity contribution < 1.29 is 4.39 Å². The highest BCUT2D eigenvalue weighted by Gasteiger charge is 2.29. The normalized spacial score (nSPS) is 14.8. The number of hydrogen-bond acceptors (Lipinski definition) is 4.